The molecule has 0 aliphatic heterocycles. The maximum Gasteiger partial charge on any atom is 0.0827 e. The summed E-state index contributed by atoms with van der Waals surface area (Å²) in [6, 6.07) is 9.65. The zero-order valence-corrected chi connectivity index (χ0v) is 19.5. The van der Waals surface area contributed by atoms with Crippen LogP contribution in [0.3, 0.4) is 0 Å². The lowest BCUT2D eigenvalue weighted by molar-refractivity contribution is 0.231. The molecule has 0 radical (unpaired) electrons. The molecule has 0 saturated heterocycles. The Morgan fingerprint density at radius 3 is 1.97 bits per heavy atom. The Morgan fingerprint density at radius 2 is 1.37 bits per heavy atom. The van der Waals surface area contributed by atoms with Crippen molar-refractivity contribution in [2.45, 2.75) is 116 Å². The Morgan fingerprint density at radius 1 is 0.767 bits per heavy atom. The molecule has 1 aromatic rings. The molecule has 0 unspecified atom stereocenters. The number of hydrogen-bond donors (Lipinski definition) is 0. The summed E-state index contributed by atoms with van der Waals surface area (Å²) < 4.78 is 12.2. The second kappa shape index (κ2) is 13.3. The van der Waals surface area contributed by atoms with Crippen molar-refractivity contribution in [3.63, 3.8) is 0 Å². The fourth-order valence-corrected chi connectivity index (χ4v) is 5.97. The maximum atomic E-state index is 12.2. The summed E-state index contributed by atoms with van der Waals surface area (Å²) in [5, 5.41) is 0. The molecule has 30 heavy (non-hydrogen) atoms. The first-order chi connectivity index (χ1) is 14.8. The van der Waals surface area contributed by atoms with Crippen LogP contribution in [0.1, 0.15) is 120 Å². The van der Waals surface area contributed by atoms with Crippen molar-refractivity contribution in [1.82, 2.24) is 0 Å². The Labute approximate surface area is 185 Å². The summed E-state index contributed by atoms with van der Waals surface area (Å²) in [5.74, 6) is 3.45. The number of hydrogen-bond acceptors (Lipinski definition) is 0. The molecule has 2 aliphatic carbocycles. The van der Waals surface area contributed by atoms with Gasteiger partial charge in [-0.05, 0) is 92.6 Å². The summed E-state index contributed by atoms with van der Waals surface area (Å²) in [7, 11) is 0. The molecule has 0 spiro atoms. The molecule has 3 rings (SSSR count). The van der Waals surface area contributed by atoms with Gasteiger partial charge in [0.1, 0.15) is 0 Å². The van der Waals surface area contributed by atoms with Crippen molar-refractivity contribution >= 4 is 0 Å². The second-order valence-electron chi connectivity index (χ2n) is 10.3. The van der Waals surface area contributed by atoms with Crippen molar-refractivity contribution in [1.29, 1.82) is 0 Å². The van der Waals surface area contributed by atoms with Gasteiger partial charge in [-0.1, -0.05) is 82.2 Å². The van der Waals surface area contributed by atoms with Gasteiger partial charge in [-0.3, -0.25) is 0 Å². The standard InChI is InChI=1S/C29H45F/c1-2-3-4-5-7-24-15-19-28(20-16-24)29-21-17-27(18-22-29)14-13-26-11-9-25(10-12-26)8-6-23-30/h6,15-16,19-20,23,25-27,29H,2-5,7-14,17-18,21-22H2,1H3/b23-6+/t25-,26-,27-,29-. The smallest absolute Gasteiger partial charge is 0.0827 e. The van der Waals surface area contributed by atoms with E-state index in [0.717, 1.165) is 36.4 Å². The van der Waals surface area contributed by atoms with Crippen molar-refractivity contribution in [2.75, 3.05) is 0 Å². The van der Waals surface area contributed by atoms with Crippen molar-refractivity contribution < 1.29 is 4.39 Å². The van der Waals surface area contributed by atoms with E-state index in [4.69, 9.17) is 0 Å². The highest BCUT2D eigenvalue weighted by atomic mass is 19.1. The Balaban J connectivity index is 1.31. The van der Waals surface area contributed by atoms with Crippen molar-refractivity contribution in [3.8, 4) is 0 Å². The van der Waals surface area contributed by atoms with Crippen LogP contribution in [-0.4, -0.2) is 0 Å². The quantitative estimate of drug-likeness (QED) is 0.317. The molecule has 2 aliphatic rings. The Hall–Kier alpha value is -1.11. The van der Waals surface area contributed by atoms with Crippen molar-refractivity contribution in [2.24, 2.45) is 17.8 Å². The number of unbranched alkanes of at least 4 members (excludes halogenated alkanes) is 3. The van der Waals surface area contributed by atoms with E-state index in [-0.39, 0.29) is 0 Å². The molecular formula is C29H45F. The SMILES string of the molecule is CCCCCCc1ccc([C@H]2CC[C@H](CC[C@H]3CC[C@H](C/C=C/F)CC3)CC2)cc1. The van der Waals surface area contributed by atoms with Gasteiger partial charge in [-0.2, -0.15) is 0 Å². The maximum absolute atomic E-state index is 12.2. The fourth-order valence-electron chi connectivity index (χ4n) is 5.97. The lowest BCUT2D eigenvalue weighted by Gasteiger charge is -2.32. The third-order valence-corrected chi connectivity index (χ3v) is 8.12. The summed E-state index contributed by atoms with van der Waals surface area (Å²) in [5.41, 5.74) is 3.12. The third-order valence-electron chi connectivity index (χ3n) is 8.12. The van der Waals surface area contributed by atoms with E-state index < -0.39 is 0 Å². The van der Waals surface area contributed by atoms with Crippen LogP contribution in [0.2, 0.25) is 0 Å². The van der Waals surface area contributed by atoms with Crippen LogP contribution in [0.4, 0.5) is 4.39 Å². The van der Waals surface area contributed by atoms with Crippen LogP contribution in [0, 0.1) is 17.8 Å². The molecular weight excluding hydrogens is 367 g/mol. The summed E-state index contributed by atoms with van der Waals surface area (Å²) in [4.78, 5) is 0. The highest BCUT2D eigenvalue weighted by molar-refractivity contribution is 5.26. The van der Waals surface area contributed by atoms with E-state index in [9.17, 15) is 4.39 Å². The minimum atomic E-state index is 0.728. The van der Waals surface area contributed by atoms with E-state index in [1.807, 2.05) is 0 Å². The van der Waals surface area contributed by atoms with E-state index >= 15 is 0 Å². The zero-order chi connectivity index (χ0) is 21.0. The lowest BCUT2D eigenvalue weighted by atomic mass is 9.74. The number of aryl methyl sites for hydroxylation is 1. The highest BCUT2D eigenvalue weighted by Crippen LogP contribution is 2.40. The first kappa shape index (κ1) is 23.6. The van der Waals surface area contributed by atoms with Gasteiger partial charge in [0, 0.05) is 0 Å². The molecule has 0 heterocycles. The highest BCUT2D eigenvalue weighted by Gasteiger charge is 2.25. The molecule has 0 aromatic heterocycles. The van der Waals surface area contributed by atoms with E-state index in [0.29, 0.717) is 0 Å². The molecule has 0 bridgehead atoms. The molecule has 2 saturated carbocycles. The molecule has 1 heteroatoms. The van der Waals surface area contributed by atoms with Gasteiger partial charge < -0.3 is 0 Å². The van der Waals surface area contributed by atoms with Crippen LogP contribution in [0.15, 0.2) is 36.7 Å². The Bertz CT molecular complexity index is 585. The summed E-state index contributed by atoms with van der Waals surface area (Å²) in [6.07, 6.45) is 24.0. The summed E-state index contributed by atoms with van der Waals surface area (Å²) >= 11 is 0. The molecule has 0 nitrogen and oxygen atoms in total. The molecule has 1 aromatic carbocycles. The second-order valence-corrected chi connectivity index (χ2v) is 10.3. The van der Waals surface area contributed by atoms with Crippen LogP contribution >= 0.6 is 0 Å². The zero-order valence-electron chi connectivity index (χ0n) is 19.5. The average Bonchev–Trinajstić information content (AvgIpc) is 2.81. The lowest BCUT2D eigenvalue weighted by Crippen LogP contribution is -2.17. The number of benzene rings is 1. The van der Waals surface area contributed by atoms with Crippen LogP contribution in [0.5, 0.6) is 0 Å². The van der Waals surface area contributed by atoms with Crippen LogP contribution < -0.4 is 0 Å². The van der Waals surface area contributed by atoms with Gasteiger partial charge in [0.2, 0.25) is 0 Å². The third kappa shape index (κ3) is 7.86. The number of rotatable bonds is 11. The van der Waals surface area contributed by atoms with Gasteiger partial charge in [0.25, 0.3) is 0 Å². The average molecular weight is 413 g/mol. The van der Waals surface area contributed by atoms with Gasteiger partial charge in [0.05, 0.1) is 6.33 Å². The van der Waals surface area contributed by atoms with Gasteiger partial charge >= 0.3 is 0 Å². The topological polar surface area (TPSA) is 0 Å². The number of allylic oxidation sites excluding steroid dienone is 1. The number of halogens is 1. The molecule has 2 fully saturated rings. The van der Waals surface area contributed by atoms with Gasteiger partial charge in [-0.15, -0.1) is 0 Å². The summed E-state index contributed by atoms with van der Waals surface area (Å²) in [6.45, 7) is 2.28. The van der Waals surface area contributed by atoms with E-state index in [1.165, 1.54) is 102 Å². The minimum absolute atomic E-state index is 0.728. The van der Waals surface area contributed by atoms with E-state index in [1.54, 1.807) is 11.6 Å². The largest absolute Gasteiger partial charge is 0.216 e. The molecule has 168 valence electrons. The normalized spacial score (nSPS) is 27.5. The Kier molecular flexibility index (Phi) is 10.5. The van der Waals surface area contributed by atoms with Gasteiger partial charge in [-0.25, -0.2) is 4.39 Å². The fraction of sp³-hybridized carbons (Fsp3) is 0.724. The first-order valence-electron chi connectivity index (χ1n) is 13.1. The van der Waals surface area contributed by atoms with Crippen LogP contribution in [0.25, 0.3) is 0 Å². The predicted molar refractivity (Wildman–Crippen MR) is 129 cm³/mol. The van der Waals surface area contributed by atoms with Gasteiger partial charge in [0.15, 0.2) is 0 Å². The molecule has 0 N–H and O–H groups in total. The molecule has 0 atom stereocenters. The molecule has 0 amide bonds. The first-order valence-corrected chi connectivity index (χ1v) is 13.1. The monoisotopic (exact) mass is 412 g/mol. The van der Waals surface area contributed by atoms with E-state index in [2.05, 4.69) is 31.2 Å². The van der Waals surface area contributed by atoms with Crippen molar-refractivity contribution in [3.05, 3.63) is 47.8 Å². The minimum Gasteiger partial charge on any atom is -0.216 e. The van der Waals surface area contributed by atoms with Crippen LogP contribution in [-0.2, 0) is 6.42 Å². The predicted octanol–water partition coefficient (Wildman–Crippen LogP) is 9.54.